The number of fused-ring (bicyclic) bond motifs is 15. The highest BCUT2D eigenvalue weighted by molar-refractivity contribution is 6.30. The number of nitrogens with one attached hydrogen (secondary N) is 8. The largest absolute Gasteiger partial charge is 0.314 e. The van der Waals surface area contributed by atoms with Crippen LogP contribution in [0.5, 0.6) is 0 Å². The van der Waals surface area contributed by atoms with E-state index < -0.39 is 0 Å². The van der Waals surface area contributed by atoms with E-state index in [-0.39, 0.29) is 11.1 Å². The van der Waals surface area contributed by atoms with Gasteiger partial charge in [0.2, 0.25) is 0 Å². The number of hydrogen-bond acceptors (Lipinski definition) is 8. The predicted octanol–water partition coefficient (Wildman–Crippen LogP) is -0.918. The topological polar surface area (TPSA) is 96.2 Å². The first-order valence-corrected chi connectivity index (χ1v) is 12.5. The van der Waals surface area contributed by atoms with E-state index in [9.17, 15) is 0 Å². The van der Waals surface area contributed by atoms with Crippen LogP contribution in [0.1, 0.15) is 12.5 Å². The monoisotopic (exact) mass is 466 g/mol. The lowest BCUT2D eigenvalue weighted by Gasteiger charge is -2.39. The van der Waals surface area contributed by atoms with Crippen LogP contribution >= 0.6 is 11.6 Å². The Hall–Kier alpha value is -0.810. The maximum absolute atomic E-state index is 6.07. The quantitative estimate of drug-likeness (QED) is 0.282. The second kappa shape index (κ2) is 13.8. The van der Waals surface area contributed by atoms with Gasteiger partial charge in [-0.2, -0.15) is 0 Å². The summed E-state index contributed by atoms with van der Waals surface area (Å²) >= 11 is 6.07. The van der Waals surface area contributed by atoms with Gasteiger partial charge < -0.3 is 42.5 Å². The number of hydrogen-bond donors (Lipinski definition) is 8. The van der Waals surface area contributed by atoms with Crippen molar-refractivity contribution in [1.29, 1.82) is 0 Å². The van der Waals surface area contributed by atoms with E-state index in [0.29, 0.717) is 0 Å². The van der Waals surface area contributed by atoms with Gasteiger partial charge in [0.1, 0.15) is 0 Å². The lowest BCUT2D eigenvalue weighted by Crippen LogP contribution is -2.66. The Morgan fingerprint density at radius 2 is 1.03 bits per heavy atom. The SMILES string of the molecule is CCNC12CNCCNCC(NCc3ccc(Cl)cc3)(CNCCNC1)CNCCNC2. The number of halogens is 1. The van der Waals surface area contributed by atoms with E-state index >= 15 is 0 Å². The van der Waals surface area contributed by atoms with Gasteiger partial charge in [-0.1, -0.05) is 30.7 Å². The summed E-state index contributed by atoms with van der Waals surface area (Å²) in [6, 6.07) is 8.12. The van der Waals surface area contributed by atoms with Crippen LogP contribution < -0.4 is 42.5 Å². The summed E-state index contributed by atoms with van der Waals surface area (Å²) in [5, 5.41) is 30.5. The van der Waals surface area contributed by atoms with Crippen LogP contribution in [-0.4, -0.2) is 96.2 Å². The second-order valence-corrected chi connectivity index (χ2v) is 9.57. The zero-order chi connectivity index (χ0) is 22.5. The smallest absolute Gasteiger partial charge is 0.0561 e. The van der Waals surface area contributed by atoms with Gasteiger partial charge in [0.25, 0.3) is 0 Å². The lowest BCUT2D eigenvalue weighted by molar-refractivity contribution is 0.256. The van der Waals surface area contributed by atoms with Gasteiger partial charge >= 0.3 is 0 Å². The van der Waals surface area contributed by atoms with Crippen LogP contribution in [0, 0.1) is 0 Å². The van der Waals surface area contributed by atoms with Crippen LogP contribution in [0.15, 0.2) is 24.3 Å². The second-order valence-electron chi connectivity index (χ2n) is 9.13. The average Bonchev–Trinajstić information content (AvgIpc) is 2.80. The Balaban J connectivity index is 1.71. The van der Waals surface area contributed by atoms with E-state index in [2.05, 4.69) is 61.6 Å². The third-order valence-electron chi connectivity index (χ3n) is 6.35. The Morgan fingerprint density at radius 1 is 0.656 bits per heavy atom. The molecular weight excluding hydrogens is 424 g/mol. The van der Waals surface area contributed by atoms with Crippen LogP contribution in [0.25, 0.3) is 0 Å². The zero-order valence-electron chi connectivity index (χ0n) is 19.6. The van der Waals surface area contributed by atoms with Crippen molar-refractivity contribution in [3.05, 3.63) is 34.9 Å². The van der Waals surface area contributed by atoms with Gasteiger partial charge in [-0.3, -0.25) is 0 Å². The fraction of sp³-hybridized carbons (Fsp3) is 0.739. The molecule has 182 valence electrons. The summed E-state index contributed by atoms with van der Waals surface area (Å²) in [5.74, 6) is 0. The molecule has 0 spiro atoms. The van der Waals surface area contributed by atoms with Crippen molar-refractivity contribution >= 4 is 11.6 Å². The van der Waals surface area contributed by atoms with Gasteiger partial charge in [-0.05, 0) is 24.2 Å². The molecule has 3 saturated heterocycles. The van der Waals surface area contributed by atoms with E-state index in [1.807, 2.05) is 12.1 Å². The fourth-order valence-corrected chi connectivity index (χ4v) is 4.64. The maximum Gasteiger partial charge on any atom is 0.0561 e. The first kappa shape index (κ1) is 25.8. The van der Waals surface area contributed by atoms with Crippen molar-refractivity contribution in [3.8, 4) is 0 Å². The van der Waals surface area contributed by atoms with Gasteiger partial charge in [0.05, 0.1) is 11.1 Å². The van der Waals surface area contributed by atoms with E-state index in [1.165, 1.54) is 5.56 Å². The van der Waals surface area contributed by atoms with Crippen molar-refractivity contribution < 1.29 is 0 Å². The summed E-state index contributed by atoms with van der Waals surface area (Å²) in [7, 11) is 0. The first-order chi connectivity index (χ1) is 15.7. The maximum atomic E-state index is 6.07. The first-order valence-electron chi connectivity index (χ1n) is 12.1. The molecule has 4 rings (SSSR count). The van der Waals surface area contributed by atoms with Gasteiger partial charge in [0, 0.05) is 90.1 Å². The molecule has 3 aliphatic heterocycles. The molecule has 0 amide bonds. The average molecular weight is 467 g/mol. The van der Waals surface area contributed by atoms with Crippen molar-refractivity contribution in [1.82, 2.24) is 42.5 Å². The highest BCUT2D eigenvalue weighted by Gasteiger charge is 2.31. The number of rotatable bonds is 5. The molecule has 1 aromatic rings. The summed E-state index contributed by atoms with van der Waals surface area (Å²) in [6.07, 6.45) is 0. The van der Waals surface area contributed by atoms with Gasteiger partial charge in [0.15, 0.2) is 0 Å². The Morgan fingerprint density at radius 3 is 1.41 bits per heavy atom. The molecule has 9 heteroatoms. The van der Waals surface area contributed by atoms with Crippen LogP contribution in [0.3, 0.4) is 0 Å². The molecule has 0 saturated carbocycles. The minimum absolute atomic E-state index is 0.00682. The molecule has 3 heterocycles. The Labute approximate surface area is 198 Å². The van der Waals surface area contributed by atoms with Gasteiger partial charge in [-0.25, -0.2) is 0 Å². The fourth-order valence-electron chi connectivity index (χ4n) is 4.51. The molecule has 0 unspecified atom stereocenters. The van der Waals surface area contributed by atoms with E-state index in [4.69, 9.17) is 11.6 Å². The number of likely N-dealkylation sites (N-methyl/N-ethyl adjacent to an activating group) is 1. The van der Waals surface area contributed by atoms with Crippen LogP contribution in [-0.2, 0) is 6.54 Å². The van der Waals surface area contributed by atoms with Crippen LogP contribution in [0.4, 0.5) is 0 Å². The van der Waals surface area contributed by atoms with Crippen molar-refractivity contribution in [2.24, 2.45) is 0 Å². The molecular formula is C23H43ClN8. The minimum Gasteiger partial charge on any atom is -0.314 e. The Kier molecular flexibility index (Phi) is 11.1. The normalized spacial score (nSPS) is 29.3. The molecule has 3 aliphatic rings. The summed E-state index contributed by atoms with van der Waals surface area (Å²) in [5.41, 5.74) is 1.15. The standard InChI is InChI=1S/C23H43ClN8/c1-2-31-22-14-25-7-10-28-17-23(18-29-11-8-26-15-22,19-30-12-9-27-16-22)32-13-20-3-5-21(24)6-4-20/h3-6,25-32H,2,7-19H2,1H3. The summed E-state index contributed by atoms with van der Waals surface area (Å²) in [6.45, 7) is 15.1. The molecule has 0 radical (unpaired) electrons. The van der Waals surface area contributed by atoms with E-state index in [1.54, 1.807) is 0 Å². The molecule has 1 aromatic carbocycles. The van der Waals surface area contributed by atoms with Crippen molar-refractivity contribution in [2.45, 2.75) is 24.5 Å². The molecule has 3 fully saturated rings. The van der Waals surface area contributed by atoms with Crippen molar-refractivity contribution in [3.63, 3.8) is 0 Å². The zero-order valence-corrected chi connectivity index (χ0v) is 20.3. The third-order valence-corrected chi connectivity index (χ3v) is 6.60. The minimum atomic E-state index is -0.0958. The molecule has 0 aliphatic carbocycles. The molecule has 0 atom stereocenters. The van der Waals surface area contributed by atoms with Crippen LogP contribution in [0.2, 0.25) is 5.02 Å². The molecule has 8 nitrogen and oxygen atoms in total. The molecule has 8 N–H and O–H groups in total. The summed E-state index contributed by atoms with van der Waals surface area (Å²) in [4.78, 5) is 0. The lowest BCUT2D eigenvalue weighted by atomic mass is 9.97. The predicted molar refractivity (Wildman–Crippen MR) is 135 cm³/mol. The highest BCUT2D eigenvalue weighted by Crippen LogP contribution is 2.11. The third kappa shape index (κ3) is 8.52. The van der Waals surface area contributed by atoms with E-state index in [0.717, 1.165) is 96.6 Å². The number of benzene rings is 1. The Bertz CT molecular complexity index is 598. The van der Waals surface area contributed by atoms with Gasteiger partial charge in [-0.15, -0.1) is 0 Å². The summed E-state index contributed by atoms with van der Waals surface area (Å²) < 4.78 is 0. The van der Waals surface area contributed by atoms with Crippen molar-refractivity contribution in [2.75, 3.05) is 85.1 Å². The molecule has 32 heavy (non-hydrogen) atoms. The molecule has 2 bridgehead atoms. The highest BCUT2D eigenvalue weighted by atomic mass is 35.5. The molecule has 0 aromatic heterocycles.